The number of likely N-dealkylation sites (N-methyl/N-ethyl adjacent to an activating group) is 1. The number of hydrogen-bond donors (Lipinski definition) is 4. The van der Waals surface area contributed by atoms with E-state index in [-0.39, 0.29) is 17.6 Å². The van der Waals surface area contributed by atoms with Crippen molar-refractivity contribution >= 4 is 66.1 Å². The van der Waals surface area contributed by atoms with E-state index in [1.807, 2.05) is 52.1 Å². The van der Waals surface area contributed by atoms with Gasteiger partial charge in [0.25, 0.3) is 25.8 Å². The highest BCUT2D eigenvalue weighted by molar-refractivity contribution is 7.99. The zero-order chi connectivity index (χ0) is 50.1. The van der Waals surface area contributed by atoms with Crippen LogP contribution in [0, 0.1) is 5.41 Å². The van der Waals surface area contributed by atoms with Gasteiger partial charge in [-0.05, 0) is 123 Å². The van der Waals surface area contributed by atoms with Gasteiger partial charge in [-0.2, -0.15) is 13.2 Å². The van der Waals surface area contributed by atoms with Gasteiger partial charge in [0, 0.05) is 105 Å². The van der Waals surface area contributed by atoms with Crippen LogP contribution in [0.5, 0.6) is 0 Å². The van der Waals surface area contributed by atoms with Crippen LogP contribution in [0.2, 0.25) is 5.02 Å². The lowest BCUT2D eigenvalue weighted by atomic mass is 9.71. The SMILES string of the molecule is CN(CCO)CCC(CSc1ccccc1)Nc1ccc(S(=O)(=O)NC(=O)c2ccc(N3CCN(CC4=C(c5ccc(Cl)cc5)CCC(C)(CN5CCNCC5)C4)CC3)cc2)cc1S(=O)(=O)C(F)(F)F. The summed E-state index contributed by atoms with van der Waals surface area (Å²) in [5.74, 6) is -0.722. The number of hydrogen-bond acceptors (Lipinski definition) is 13. The Hall–Kier alpha value is -4.18. The number of nitrogens with one attached hydrogen (secondary N) is 3. The molecule has 0 saturated carbocycles. The summed E-state index contributed by atoms with van der Waals surface area (Å²) in [6.45, 7) is 12.2. The van der Waals surface area contributed by atoms with E-state index in [2.05, 4.69) is 44.4 Å². The molecular weight excluding hydrogens is 983 g/mol. The maximum Gasteiger partial charge on any atom is 0.501 e. The van der Waals surface area contributed by atoms with Gasteiger partial charge < -0.3 is 30.4 Å². The summed E-state index contributed by atoms with van der Waals surface area (Å²) >= 11 is 7.68. The molecule has 2 atom stereocenters. The molecule has 1 aliphatic carbocycles. The van der Waals surface area contributed by atoms with E-state index in [1.54, 1.807) is 19.2 Å². The van der Waals surface area contributed by atoms with Crippen molar-refractivity contribution in [3.63, 3.8) is 0 Å². The number of aliphatic hydroxyl groups is 1. The van der Waals surface area contributed by atoms with Crippen LogP contribution in [0.15, 0.2) is 117 Å². The van der Waals surface area contributed by atoms with Crippen molar-refractivity contribution in [2.75, 3.05) is 108 Å². The predicted molar refractivity (Wildman–Crippen MR) is 273 cm³/mol. The fraction of sp³-hybridized carbons (Fsp3) is 0.460. The van der Waals surface area contributed by atoms with Crippen LogP contribution in [-0.2, 0) is 19.9 Å². The van der Waals surface area contributed by atoms with Gasteiger partial charge in [0.05, 0.1) is 17.2 Å². The Morgan fingerprint density at radius 3 is 2.24 bits per heavy atom. The third-order valence-electron chi connectivity index (χ3n) is 13.3. The number of alkyl halides is 3. The second-order valence-corrected chi connectivity index (χ2v) is 23.9. The predicted octanol–water partition coefficient (Wildman–Crippen LogP) is 7.31. The molecule has 1 amide bonds. The maximum absolute atomic E-state index is 14.2. The zero-order valence-corrected chi connectivity index (χ0v) is 42.8. The van der Waals surface area contributed by atoms with Crippen LogP contribution >= 0.6 is 23.4 Å². The third-order valence-corrected chi connectivity index (χ3v) is 17.6. The molecule has 4 N–H and O–H groups in total. The van der Waals surface area contributed by atoms with Crippen molar-refractivity contribution in [2.45, 2.75) is 58.8 Å². The normalized spacial score (nSPS) is 19.3. The molecule has 2 fully saturated rings. The number of allylic oxidation sites excluding steroid dienone is 1. The molecule has 0 radical (unpaired) electrons. The molecule has 0 spiro atoms. The summed E-state index contributed by atoms with van der Waals surface area (Å²) in [6, 6.07) is 25.6. The lowest BCUT2D eigenvalue weighted by Crippen LogP contribution is -2.49. The smallest absolute Gasteiger partial charge is 0.395 e. The topological polar surface area (TPSA) is 155 Å². The van der Waals surface area contributed by atoms with Gasteiger partial charge in [-0.25, -0.2) is 21.6 Å². The molecule has 13 nitrogen and oxygen atoms in total. The number of nitrogens with zero attached hydrogens (tertiary/aromatic N) is 4. The zero-order valence-electron chi connectivity index (χ0n) is 39.6. The van der Waals surface area contributed by atoms with Crippen LogP contribution in [0.1, 0.15) is 48.5 Å². The highest BCUT2D eigenvalue weighted by Gasteiger charge is 2.48. The quantitative estimate of drug-likeness (QED) is 0.0655. The Kier molecular flexibility index (Phi) is 18.1. The first-order valence-corrected chi connectivity index (χ1v) is 27.9. The van der Waals surface area contributed by atoms with Crippen molar-refractivity contribution in [1.82, 2.24) is 24.7 Å². The summed E-state index contributed by atoms with van der Waals surface area (Å²) < 4.78 is 97.8. The molecule has 20 heteroatoms. The first-order valence-electron chi connectivity index (χ1n) is 23.6. The second kappa shape index (κ2) is 23.6. The van der Waals surface area contributed by atoms with Crippen molar-refractivity contribution in [3.8, 4) is 0 Å². The average molecular weight is 1050 g/mol. The van der Waals surface area contributed by atoms with Crippen molar-refractivity contribution in [2.24, 2.45) is 5.41 Å². The van der Waals surface area contributed by atoms with Crippen LogP contribution in [-0.4, -0.2) is 152 Å². The van der Waals surface area contributed by atoms with Gasteiger partial charge in [0.1, 0.15) is 4.90 Å². The fourth-order valence-electron chi connectivity index (χ4n) is 9.43. The number of carbonyl (C=O) groups excluding carboxylic acids is 1. The van der Waals surface area contributed by atoms with E-state index in [1.165, 1.54) is 40.6 Å². The number of sulfone groups is 1. The van der Waals surface area contributed by atoms with E-state index in [9.17, 15) is 39.9 Å². The van der Waals surface area contributed by atoms with Gasteiger partial charge >= 0.3 is 5.51 Å². The minimum atomic E-state index is -6.08. The Morgan fingerprint density at radius 2 is 1.59 bits per heavy atom. The molecule has 2 aliphatic heterocycles. The Bertz CT molecular complexity index is 2650. The van der Waals surface area contributed by atoms with Crippen LogP contribution in [0.25, 0.3) is 5.57 Å². The largest absolute Gasteiger partial charge is 0.501 e. The van der Waals surface area contributed by atoms with Gasteiger partial charge in [0.15, 0.2) is 0 Å². The molecule has 2 unspecified atom stereocenters. The number of piperazine rings is 2. The van der Waals surface area contributed by atoms with Gasteiger partial charge in [-0.3, -0.25) is 9.69 Å². The molecule has 0 bridgehead atoms. The van der Waals surface area contributed by atoms with E-state index < -0.39 is 52.8 Å². The van der Waals surface area contributed by atoms with Gasteiger partial charge in [0.2, 0.25) is 0 Å². The molecule has 4 aromatic rings. The summed E-state index contributed by atoms with van der Waals surface area (Å²) in [6.07, 6.45) is 3.49. The standard InChI is InChI=1S/C50H63ClF3N7O6S3/c1-49(36-60-24-21-55-22-25-60)20-18-45(37-8-12-40(51)13-9-37)39(33-49)34-59-26-28-61(29-27-59)42-14-10-38(11-15-42)48(63)57-70(66,67)44-16-17-46(47(32-44)69(64,65)50(52,53)54)56-41(19-23-58(2)30-31-62)35-68-43-6-4-3-5-7-43/h3-17,32,41,55-56,62H,18-31,33-36H2,1-2H3,(H,57,63). The molecule has 2 saturated heterocycles. The van der Waals surface area contributed by atoms with E-state index in [0.29, 0.717) is 36.4 Å². The van der Waals surface area contributed by atoms with Crippen molar-refractivity contribution in [1.29, 1.82) is 0 Å². The molecular formula is C50H63ClF3N7O6S3. The molecule has 2 heterocycles. The number of thioether (sulfide) groups is 1. The summed E-state index contributed by atoms with van der Waals surface area (Å²) in [5.41, 5.74) is -1.12. The fourth-order valence-corrected chi connectivity index (χ4v) is 12.6. The van der Waals surface area contributed by atoms with Crippen LogP contribution < -0.4 is 20.3 Å². The highest BCUT2D eigenvalue weighted by Crippen LogP contribution is 2.44. The maximum atomic E-state index is 14.2. The molecule has 0 aromatic heterocycles. The first-order chi connectivity index (χ1) is 33.3. The van der Waals surface area contributed by atoms with E-state index in [4.69, 9.17) is 11.6 Å². The van der Waals surface area contributed by atoms with Crippen LogP contribution in [0.4, 0.5) is 24.5 Å². The molecule has 70 heavy (non-hydrogen) atoms. The number of aliphatic hydroxyl groups excluding tert-OH is 1. The highest BCUT2D eigenvalue weighted by atomic mass is 35.5. The molecule has 380 valence electrons. The van der Waals surface area contributed by atoms with E-state index in [0.717, 1.165) is 107 Å². The molecule has 3 aliphatic rings. The lowest BCUT2D eigenvalue weighted by molar-refractivity contribution is -0.0435. The van der Waals surface area contributed by atoms with Crippen molar-refractivity contribution in [3.05, 3.63) is 119 Å². The minimum absolute atomic E-state index is 0.0138. The lowest BCUT2D eigenvalue weighted by Gasteiger charge is -2.43. The average Bonchev–Trinajstić information content (AvgIpc) is 3.33. The first kappa shape index (κ1) is 53.6. The van der Waals surface area contributed by atoms with Crippen molar-refractivity contribution < 1.29 is 39.9 Å². The van der Waals surface area contributed by atoms with Gasteiger partial charge in [-0.1, -0.05) is 54.4 Å². The summed E-state index contributed by atoms with van der Waals surface area (Å²) in [5, 5.41) is 16.5. The number of anilines is 2. The number of sulfonamides is 1. The third kappa shape index (κ3) is 14.1. The number of carbonyl (C=O) groups is 1. The molecule has 7 rings (SSSR count). The minimum Gasteiger partial charge on any atom is -0.395 e. The molecule has 4 aromatic carbocycles. The Morgan fingerprint density at radius 1 is 0.900 bits per heavy atom. The Balaban J connectivity index is 1.01. The van der Waals surface area contributed by atoms with Crippen LogP contribution in [0.3, 0.4) is 0 Å². The summed E-state index contributed by atoms with van der Waals surface area (Å²) in [7, 11) is -9.19. The number of benzene rings is 4. The van der Waals surface area contributed by atoms with Gasteiger partial charge in [-0.15, -0.1) is 11.8 Å². The van der Waals surface area contributed by atoms with E-state index >= 15 is 0 Å². The monoisotopic (exact) mass is 1050 g/mol. The number of amides is 1. The summed E-state index contributed by atoms with van der Waals surface area (Å²) in [4.78, 5) is 21.3. The number of halogens is 4. The second-order valence-electron chi connectivity index (χ2n) is 18.7. The Labute approximate surface area is 419 Å². The number of rotatable bonds is 20.